The van der Waals surface area contributed by atoms with Gasteiger partial charge in [0.05, 0.1) is 0 Å². The minimum atomic E-state index is 0.607. The van der Waals surface area contributed by atoms with Gasteiger partial charge < -0.3 is 0 Å². The fraction of sp³-hybridized carbons (Fsp3) is 0.0286. The van der Waals surface area contributed by atoms with Gasteiger partial charge in [-0.3, -0.25) is 0 Å². The normalized spacial score (nSPS) is 12.1. The first kappa shape index (κ1) is 44.6. The predicted molar refractivity (Wildman–Crippen MR) is 312 cm³/mol. The zero-order valence-corrected chi connectivity index (χ0v) is 41.3. The van der Waals surface area contributed by atoms with Gasteiger partial charge in [-0.05, 0) is 132 Å². The van der Waals surface area contributed by atoms with Crippen LogP contribution < -0.4 is 0 Å². The number of hydrogen-bond acceptors (Lipinski definition) is 6. The Bertz CT molecular complexity index is 4380. The van der Waals surface area contributed by atoms with Crippen LogP contribution in [0.4, 0.5) is 0 Å². The van der Waals surface area contributed by atoms with E-state index in [0.717, 1.165) is 107 Å². The Hall–Kier alpha value is -10.0. The van der Waals surface area contributed by atoms with E-state index < -0.39 is 0 Å². The molecule has 76 heavy (non-hydrogen) atoms. The van der Waals surface area contributed by atoms with Gasteiger partial charge in [0, 0.05) is 33.4 Å². The molecule has 1 aliphatic carbocycles. The topological polar surface area (TPSA) is 77.3 Å². The second kappa shape index (κ2) is 19.1. The molecule has 0 spiro atoms. The number of allylic oxidation sites excluding steroid dienone is 1. The second-order valence-electron chi connectivity index (χ2n) is 19.4. The van der Waals surface area contributed by atoms with Gasteiger partial charge in [-0.2, -0.15) is 0 Å². The molecule has 14 rings (SSSR count). The first-order valence-electron chi connectivity index (χ1n) is 25.8. The minimum Gasteiger partial charge on any atom is -0.208 e. The van der Waals surface area contributed by atoms with Crippen LogP contribution in [0.1, 0.15) is 17.5 Å². The van der Waals surface area contributed by atoms with Gasteiger partial charge in [0.25, 0.3) is 0 Å². The van der Waals surface area contributed by atoms with Gasteiger partial charge in [-0.25, -0.2) is 29.9 Å². The predicted octanol–water partition coefficient (Wildman–Crippen LogP) is 17.5. The molecule has 6 heteroatoms. The number of fused-ring (bicyclic) bond motifs is 4. The highest BCUT2D eigenvalue weighted by Crippen LogP contribution is 2.39. The summed E-state index contributed by atoms with van der Waals surface area (Å²) < 4.78 is 0. The highest BCUT2D eigenvalue weighted by molar-refractivity contribution is 6.00. The largest absolute Gasteiger partial charge is 0.208 e. The molecule has 0 bridgehead atoms. The maximum Gasteiger partial charge on any atom is 0.164 e. The highest BCUT2D eigenvalue weighted by Gasteiger charge is 2.20. The lowest BCUT2D eigenvalue weighted by atomic mass is 9.93. The first-order valence-corrected chi connectivity index (χ1v) is 25.8. The van der Waals surface area contributed by atoms with E-state index in [1.807, 2.05) is 24.3 Å². The highest BCUT2D eigenvalue weighted by atomic mass is 15.0. The lowest BCUT2D eigenvalue weighted by Gasteiger charge is -2.15. The maximum atomic E-state index is 5.28. The summed E-state index contributed by atoms with van der Waals surface area (Å²) in [5, 5.41) is 6.79. The van der Waals surface area contributed by atoms with Crippen LogP contribution in [-0.2, 0) is 6.42 Å². The minimum absolute atomic E-state index is 0.607. The molecule has 1 aliphatic rings. The molecular weight excluding hydrogens is 925 g/mol. The zero-order chi connectivity index (χ0) is 50.4. The molecule has 0 saturated carbocycles. The van der Waals surface area contributed by atoms with E-state index in [2.05, 4.69) is 231 Å². The molecule has 0 N–H and O–H groups in total. The summed E-state index contributed by atoms with van der Waals surface area (Å²) in [5.41, 5.74) is 14.7. The van der Waals surface area contributed by atoms with E-state index in [1.54, 1.807) is 0 Å². The number of aromatic nitrogens is 6. The van der Waals surface area contributed by atoms with E-state index in [0.29, 0.717) is 34.9 Å². The number of aryl methyl sites for hydroxylation is 1. The summed E-state index contributed by atoms with van der Waals surface area (Å²) in [7, 11) is 0. The van der Waals surface area contributed by atoms with E-state index in [9.17, 15) is 0 Å². The molecule has 0 unspecified atom stereocenters. The van der Waals surface area contributed by atoms with Gasteiger partial charge in [-0.1, -0.05) is 212 Å². The van der Waals surface area contributed by atoms with E-state index in [1.165, 1.54) is 16.5 Å². The molecule has 0 fully saturated rings. The lowest BCUT2D eigenvalue weighted by molar-refractivity contribution is 0.984. The molecule has 356 valence electrons. The quantitative estimate of drug-likeness (QED) is 0.143. The van der Waals surface area contributed by atoms with Crippen LogP contribution in [0.2, 0.25) is 0 Å². The van der Waals surface area contributed by atoms with Crippen molar-refractivity contribution in [2.45, 2.75) is 12.8 Å². The maximum absolute atomic E-state index is 5.28. The number of nitrogens with zero attached hydrogens (tertiary/aromatic N) is 6. The average molecular weight is 971 g/mol. The van der Waals surface area contributed by atoms with Gasteiger partial charge >= 0.3 is 0 Å². The molecule has 0 amide bonds. The monoisotopic (exact) mass is 970 g/mol. The smallest absolute Gasteiger partial charge is 0.164 e. The molecule has 0 atom stereocenters. The Morgan fingerprint density at radius 2 is 0.711 bits per heavy atom. The molecule has 6 nitrogen and oxygen atoms in total. The summed E-state index contributed by atoms with van der Waals surface area (Å²) in [4.78, 5) is 31.3. The molecule has 0 radical (unpaired) electrons. The number of benzene rings is 11. The van der Waals surface area contributed by atoms with Crippen molar-refractivity contribution in [2.24, 2.45) is 0 Å². The Labute approximate surface area is 440 Å². The van der Waals surface area contributed by atoms with Crippen LogP contribution in [0.3, 0.4) is 0 Å². The molecule has 2 heterocycles. The van der Waals surface area contributed by atoms with Crippen molar-refractivity contribution in [2.75, 3.05) is 0 Å². The molecule has 0 aliphatic heterocycles. The number of hydrogen-bond donors (Lipinski definition) is 0. The van der Waals surface area contributed by atoms with Crippen LogP contribution in [0.15, 0.2) is 249 Å². The van der Waals surface area contributed by atoms with Gasteiger partial charge in [0.2, 0.25) is 0 Å². The molecule has 13 aromatic rings. The van der Waals surface area contributed by atoms with E-state index in [-0.39, 0.29) is 0 Å². The lowest BCUT2D eigenvalue weighted by Crippen LogP contribution is -2.02. The van der Waals surface area contributed by atoms with Crippen LogP contribution in [-0.4, -0.2) is 29.9 Å². The summed E-state index contributed by atoms with van der Waals surface area (Å²) >= 11 is 0. The van der Waals surface area contributed by atoms with Crippen LogP contribution in [0.5, 0.6) is 0 Å². The zero-order valence-electron chi connectivity index (χ0n) is 41.3. The Balaban J connectivity index is 0.877. The van der Waals surface area contributed by atoms with Crippen molar-refractivity contribution in [3.05, 3.63) is 260 Å². The Morgan fingerprint density at radius 1 is 0.250 bits per heavy atom. The summed E-state index contributed by atoms with van der Waals surface area (Å²) in [6.07, 6.45) is 6.46. The first-order chi connectivity index (χ1) is 37.6. The van der Waals surface area contributed by atoms with Crippen LogP contribution in [0.25, 0.3) is 140 Å². The summed E-state index contributed by atoms with van der Waals surface area (Å²) in [5.74, 6) is 3.74. The molecule has 0 saturated heterocycles. The fourth-order valence-electron chi connectivity index (χ4n) is 10.6. The Morgan fingerprint density at radius 3 is 1.43 bits per heavy atom. The van der Waals surface area contributed by atoms with Crippen molar-refractivity contribution in [3.63, 3.8) is 0 Å². The van der Waals surface area contributed by atoms with Crippen molar-refractivity contribution in [1.29, 1.82) is 0 Å². The SMILES string of the molecule is C1=Cc2ccc(-c3nc(-c4ccc(-c5ccc6cc(-c7ccccc7)c(-c7nc(-c8ccccc8)nc(-c8ccc9ccccc9c8)n7)cc6c5)cc4)nc(-c4cc(-c5ccccc5)c5ccccc5c4)n3)cc2CC1. The molecule has 11 aromatic carbocycles. The third-order valence-electron chi connectivity index (χ3n) is 14.6. The fourth-order valence-corrected chi connectivity index (χ4v) is 10.6. The van der Waals surface area contributed by atoms with E-state index >= 15 is 0 Å². The molecule has 2 aromatic heterocycles. The van der Waals surface area contributed by atoms with E-state index in [4.69, 9.17) is 29.9 Å². The standard InChI is InChI=1S/C70H46N6/c1-4-18-48(19-5-1)62-44-60(41-56-26-14-15-27-61(56)62)69-73-66(72-67(74-69)57-36-30-45-16-10-12-24-52(45)38-57)51-32-28-47(29-33-51)54-34-35-55-42-63(49-20-6-2-7-21-49)64(43-59(55)40-54)70-75-65(50-22-8-3-9-23-50)71-68(76-70)58-37-31-46-17-11-13-25-53(46)39-58/h1-11,13-23,25-44H,12,24H2. The van der Waals surface area contributed by atoms with Gasteiger partial charge in [-0.15, -0.1) is 0 Å². The third-order valence-corrected chi connectivity index (χ3v) is 14.6. The van der Waals surface area contributed by atoms with Crippen molar-refractivity contribution in [1.82, 2.24) is 29.9 Å². The van der Waals surface area contributed by atoms with Crippen molar-refractivity contribution < 1.29 is 0 Å². The van der Waals surface area contributed by atoms with Gasteiger partial charge in [0.15, 0.2) is 34.9 Å². The second-order valence-corrected chi connectivity index (χ2v) is 19.4. The van der Waals surface area contributed by atoms with Crippen molar-refractivity contribution >= 4 is 38.4 Å². The van der Waals surface area contributed by atoms with Crippen molar-refractivity contribution in [3.8, 4) is 102 Å². The van der Waals surface area contributed by atoms with Gasteiger partial charge in [0.1, 0.15) is 0 Å². The summed E-state index contributed by atoms with van der Waals surface area (Å²) in [6, 6.07) is 85.3. The molecular formula is C70H46N6. The third kappa shape index (κ3) is 8.57. The van der Waals surface area contributed by atoms with Crippen LogP contribution >= 0.6 is 0 Å². The summed E-state index contributed by atoms with van der Waals surface area (Å²) in [6.45, 7) is 0. The Kier molecular flexibility index (Phi) is 11.2. The number of rotatable bonds is 9. The van der Waals surface area contributed by atoms with Crippen LogP contribution in [0, 0.1) is 0 Å². The average Bonchev–Trinajstić information content (AvgIpc) is 3.51.